The zero-order valence-electron chi connectivity index (χ0n) is 16.9. The van der Waals surface area contributed by atoms with Crippen molar-refractivity contribution in [2.24, 2.45) is 5.92 Å². The van der Waals surface area contributed by atoms with Crippen molar-refractivity contribution in [2.75, 3.05) is 32.8 Å². The number of rotatable bonds is 5. The highest BCUT2D eigenvalue weighted by Gasteiger charge is 2.48. The molecule has 156 valence electrons. The maximum atomic E-state index is 12.7. The molecule has 3 aliphatic heterocycles. The summed E-state index contributed by atoms with van der Waals surface area (Å²) in [6.45, 7) is 6.61. The quantitative estimate of drug-likeness (QED) is 0.552. The van der Waals surface area contributed by atoms with E-state index in [1.165, 1.54) is 4.90 Å². The molecule has 2 saturated heterocycles. The van der Waals surface area contributed by atoms with Gasteiger partial charge in [-0.2, -0.15) is 0 Å². The molecule has 3 aliphatic rings. The SMILES string of the molecule is CC(C)CN1C(=O)C(=O)N(C2CCCN(CC3COc4ccccc4O3)C2)C1=O. The van der Waals surface area contributed by atoms with E-state index in [-0.39, 0.29) is 24.6 Å². The van der Waals surface area contributed by atoms with Crippen molar-refractivity contribution >= 4 is 17.8 Å². The van der Waals surface area contributed by atoms with Gasteiger partial charge in [0, 0.05) is 19.6 Å². The van der Waals surface area contributed by atoms with E-state index >= 15 is 0 Å². The number of hydrogen-bond acceptors (Lipinski definition) is 6. The van der Waals surface area contributed by atoms with Crippen molar-refractivity contribution in [3.05, 3.63) is 24.3 Å². The summed E-state index contributed by atoms with van der Waals surface area (Å²) >= 11 is 0. The van der Waals surface area contributed by atoms with Crippen LogP contribution in [0.4, 0.5) is 4.79 Å². The van der Waals surface area contributed by atoms with Crippen LogP contribution >= 0.6 is 0 Å². The Labute approximate surface area is 170 Å². The van der Waals surface area contributed by atoms with Gasteiger partial charge in [0.1, 0.15) is 12.7 Å². The Morgan fingerprint density at radius 3 is 2.62 bits per heavy atom. The number of imide groups is 2. The fourth-order valence-corrected chi connectivity index (χ4v) is 4.22. The molecule has 0 bridgehead atoms. The maximum Gasteiger partial charge on any atom is 0.334 e. The Hall–Kier alpha value is -2.61. The van der Waals surface area contributed by atoms with Gasteiger partial charge in [-0.15, -0.1) is 0 Å². The van der Waals surface area contributed by atoms with Gasteiger partial charge >= 0.3 is 17.8 Å². The minimum Gasteiger partial charge on any atom is -0.486 e. The molecule has 0 spiro atoms. The van der Waals surface area contributed by atoms with Crippen LogP contribution < -0.4 is 9.47 Å². The lowest BCUT2D eigenvalue weighted by atomic mass is 10.0. The molecule has 8 heteroatoms. The zero-order valence-corrected chi connectivity index (χ0v) is 16.9. The number of likely N-dealkylation sites (tertiary alicyclic amines) is 1. The number of ether oxygens (including phenoxy) is 2. The minimum atomic E-state index is -0.707. The van der Waals surface area contributed by atoms with Gasteiger partial charge in [0.25, 0.3) is 0 Å². The molecule has 0 radical (unpaired) electrons. The molecule has 29 heavy (non-hydrogen) atoms. The highest BCUT2D eigenvalue weighted by Crippen LogP contribution is 2.31. The second-order valence-electron chi connectivity index (χ2n) is 8.32. The summed E-state index contributed by atoms with van der Waals surface area (Å²) in [5.41, 5.74) is 0. The van der Waals surface area contributed by atoms with Gasteiger partial charge < -0.3 is 9.47 Å². The zero-order chi connectivity index (χ0) is 20.5. The van der Waals surface area contributed by atoms with Crippen LogP contribution in [0.5, 0.6) is 11.5 Å². The lowest BCUT2D eigenvalue weighted by Crippen LogP contribution is -2.53. The van der Waals surface area contributed by atoms with Crippen LogP contribution in [0.2, 0.25) is 0 Å². The van der Waals surface area contributed by atoms with Crippen molar-refractivity contribution in [1.29, 1.82) is 0 Å². The molecule has 8 nitrogen and oxygen atoms in total. The first-order valence-corrected chi connectivity index (χ1v) is 10.2. The number of carbonyl (C=O) groups excluding carboxylic acids is 3. The van der Waals surface area contributed by atoms with Gasteiger partial charge in [0.15, 0.2) is 11.5 Å². The third-order valence-corrected chi connectivity index (χ3v) is 5.51. The van der Waals surface area contributed by atoms with Crippen LogP contribution in [0.25, 0.3) is 0 Å². The number of carbonyl (C=O) groups is 3. The minimum absolute atomic E-state index is 0.116. The maximum absolute atomic E-state index is 12.7. The number of para-hydroxylation sites is 2. The lowest BCUT2D eigenvalue weighted by molar-refractivity contribution is -0.144. The lowest BCUT2D eigenvalue weighted by Gasteiger charge is -2.38. The van der Waals surface area contributed by atoms with E-state index in [1.54, 1.807) is 0 Å². The Bertz CT molecular complexity index is 811. The summed E-state index contributed by atoms with van der Waals surface area (Å²) in [5, 5.41) is 0. The van der Waals surface area contributed by atoms with E-state index in [4.69, 9.17) is 9.47 Å². The first kappa shape index (κ1) is 19.7. The van der Waals surface area contributed by atoms with Crippen LogP contribution in [0, 0.1) is 5.92 Å². The van der Waals surface area contributed by atoms with Crippen LogP contribution in [-0.4, -0.2) is 77.5 Å². The van der Waals surface area contributed by atoms with Gasteiger partial charge in [0.2, 0.25) is 0 Å². The summed E-state index contributed by atoms with van der Waals surface area (Å²) in [6, 6.07) is 6.81. The first-order chi connectivity index (χ1) is 13.9. The third kappa shape index (κ3) is 3.94. The number of fused-ring (bicyclic) bond motifs is 1. The summed E-state index contributed by atoms with van der Waals surface area (Å²) in [4.78, 5) is 42.0. The number of piperidine rings is 1. The highest BCUT2D eigenvalue weighted by atomic mass is 16.6. The van der Waals surface area contributed by atoms with Crippen LogP contribution in [0.1, 0.15) is 26.7 Å². The Kier molecular flexibility index (Phi) is 5.45. The van der Waals surface area contributed by atoms with Crippen LogP contribution in [-0.2, 0) is 9.59 Å². The molecule has 3 heterocycles. The number of amides is 4. The molecule has 0 N–H and O–H groups in total. The van der Waals surface area contributed by atoms with E-state index in [2.05, 4.69) is 4.90 Å². The molecule has 4 rings (SSSR count). The topological polar surface area (TPSA) is 79.4 Å². The Morgan fingerprint density at radius 2 is 1.86 bits per heavy atom. The molecule has 1 aromatic carbocycles. The molecule has 2 unspecified atom stereocenters. The third-order valence-electron chi connectivity index (χ3n) is 5.51. The molecule has 1 aromatic rings. The normalized spacial score (nSPS) is 25.3. The van der Waals surface area contributed by atoms with Crippen LogP contribution in [0.15, 0.2) is 24.3 Å². The van der Waals surface area contributed by atoms with Gasteiger partial charge in [0.05, 0.1) is 6.04 Å². The first-order valence-electron chi connectivity index (χ1n) is 10.2. The van der Waals surface area contributed by atoms with E-state index in [0.717, 1.165) is 29.4 Å². The van der Waals surface area contributed by atoms with Crippen molar-refractivity contribution < 1.29 is 23.9 Å². The predicted octanol–water partition coefficient (Wildman–Crippen LogP) is 1.74. The van der Waals surface area contributed by atoms with Gasteiger partial charge in [-0.3, -0.25) is 24.3 Å². The molecule has 2 atom stereocenters. The number of urea groups is 1. The molecular formula is C21H27N3O5. The molecule has 0 saturated carbocycles. The summed E-state index contributed by atoms with van der Waals surface area (Å²) in [6.07, 6.45) is 1.44. The van der Waals surface area contributed by atoms with Gasteiger partial charge in [-0.25, -0.2) is 4.79 Å². The van der Waals surface area contributed by atoms with Crippen LogP contribution in [0.3, 0.4) is 0 Å². The smallest absolute Gasteiger partial charge is 0.334 e. The van der Waals surface area contributed by atoms with E-state index in [0.29, 0.717) is 26.1 Å². The van der Waals surface area contributed by atoms with E-state index in [1.807, 2.05) is 38.1 Å². The molecule has 0 aliphatic carbocycles. The average Bonchev–Trinajstić information content (AvgIpc) is 2.91. The average molecular weight is 401 g/mol. The summed E-state index contributed by atoms with van der Waals surface area (Å²) in [7, 11) is 0. The second kappa shape index (κ2) is 8.02. The predicted molar refractivity (Wildman–Crippen MR) is 105 cm³/mol. The number of benzene rings is 1. The van der Waals surface area contributed by atoms with Crippen molar-refractivity contribution in [1.82, 2.24) is 14.7 Å². The van der Waals surface area contributed by atoms with Crippen molar-refractivity contribution in [3.63, 3.8) is 0 Å². The summed E-state index contributed by atoms with van der Waals surface area (Å²) in [5.74, 6) is 0.189. The molecule has 2 fully saturated rings. The van der Waals surface area contributed by atoms with Gasteiger partial charge in [-0.1, -0.05) is 26.0 Å². The molecule has 0 aromatic heterocycles. The van der Waals surface area contributed by atoms with E-state index in [9.17, 15) is 14.4 Å². The Balaban J connectivity index is 1.39. The number of hydrogen-bond donors (Lipinski definition) is 0. The number of nitrogens with zero attached hydrogens (tertiary/aromatic N) is 3. The van der Waals surface area contributed by atoms with Gasteiger partial charge in [-0.05, 0) is 37.4 Å². The second-order valence-corrected chi connectivity index (χ2v) is 8.32. The Morgan fingerprint density at radius 1 is 1.10 bits per heavy atom. The largest absolute Gasteiger partial charge is 0.486 e. The fraction of sp³-hybridized carbons (Fsp3) is 0.571. The fourth-order valence-electron chi connectivity index (χ4n) is 4.22. The standard InChI is InChI=1S/C21H27N3O5/c1-14(2)10-23-19(25)20(26)24(21(23)27)15-6-5-9-22(11-15)12-16-13-28-17-7-3-4-8-18(17)29-16/h3-4,7-8,14-16H,5-6,9-13H2,1-2H3. The monoisotopic (exact) mass is 401 g/mol. The molecular weight excluding hydrogens is 374 g/mol. The van der Waals surface area contributed by atoms with E-state index < -0.39 is 17.8 Å². The van der Waals surface area contributed by atoms with Crippen molar-refractivity contribution in [3.8, 4) is 11.5 Å². The van der Waals surface area contributed by atoms with Crippen molar-refractivity contribution in [2.45, 2.75) is 38.8 Å². The highest BCUT2D eigenvalue weighted by molar-refractivity contribution is 6.44. The molecule has 4 amide bonds. The summed E-state index contributed by atoms with van der Waals surface area (Å²) < 4.78 is 11.8.